The zero-order valence-electron chi connectivity index (χ0n) is 15.1. The zero-order valence-corrected chi connectivity index (χ0v) is 15.9. The Labute approximate surface area is 159 Å². The van der Waals surface area contributed by atoms with Crippen LogP contribution in [0.15, 0.2) is 48.5 Å². The highest BCUT2D eigenvalue weighted by Crippen LogP contribution is 2.20. The number of thiocarbonyl (C=S) groups is 1. The lowest BCUT2D eigenvalue weighted by Gasteiger charge is -2.37. The number of piperazine rings is 1. The minimum atomic E-state index is 0.0929. The maximum Gasteiger partial charge on any atom is 0.173 e. The molecule has 3 rings (SSSR count). The smallest absolute Gasteiger partial charge is 0.173 e. The van der Waals surface area contributed by atoms with Gasteiger partial charge in [0, 0.05) is 49.2 Å². The van der Waals surface area contributed by atoms with Gasteiger partial charge in [-0.1, -0.05) is 6.07 Å². The summed E-state index contributed by atoms with van der Waals surface area (Å²) in [6, 6.07) is 15.5. The number of methoxy groups -OCH3 is 1. The number of ether oxygens (including phenoxy) is 1. The van der Waals surface area contributed by atoms with E-state index in [2.05, 4.69) is 15.1 Å². The first-order chi connectivity index (χ1) is 12.6. The van der Waals surface area contributed by atoms with Crippen LogP contribution < -0.4 is 15.0 Å². The predicted octanol–water partition coefficient (Wildman–Crippen LogP) is 3.42. The van der Waals surface area contributed by atoms with Crippen LogP contribution >= 0.6 is 12.2 Å². The first-order valence-electron chi connectivity index (χ1n) is 8.63. The number of anilines is 2. The second-order valence-corrected chi connectivity index (χ2v) is 6.63. The van der Waals surface area contributed by atoms with Gasteiger partial charge >= 0.3 is 0 Å². The molecule has 6 heteroatoms. The average molecular weight is 369 g/mol. The molecule has 0 bridgehead atoms. The van der Waals surface area contributed by atoms with Crippen molar-refractivity contribution in [2.75, 3.05) is 43.5 Å². The van der Waals surface area contributed by atoms with Gasteiger partial charge in [-0.25, -0.2) is 0 Å². The minimum Gasteiger partial charge on any atom is -0.497 e. The van der Waals surface area contributed by atoms with E-state index in [0.717, 1.165) is 54.0 Å². The third-order valence-corrected chi connectivity index (χ3v) is 4.89. The summed E-state index contributed by atoms with van der Waals surface area (Å²) >= 11 is 5.55. The normalized spacial score (nSPS) is 14.1. The Morgan fingerprint density at radius 1 is 1.08 bits per heavy atom. The largest absolute Gasteiger partial charge is 0.497 e. The van der Waals surface area contributed by atoms with Crippen molar-refractivity contribution in [2.45, 2.75) is 6.92 Å². The lowest BCUT2D eigenvalue weighted by atomic mass is 10.1. The SMILES string of the molecule is COc1cccc(NC(=S)N2CCN(c3ccc(C(C)=O)cc3)CC2)c1. The molecule has 0 aliphatic carbocycles. The molecule has 1 heterocycles. The van der Waals surface area contributed by atoms with Gasteiger partial charge < -0.3 is 19.9 Å². The second-order valence-electron chi connectivity index (χ2n) is 6.24. The molecule has 1 saturated heterocycles. The van der Waals surface area contributed by atoms with Gasteiger partial charge in [-0.3, -0.25) is 4.79 Å². The Hall–Kier alpha value is -2.60. The Morgan fingerprint density at radius 2 is 1.77 bits per heavy atom. The van der Waals surface area contributed by atoms with Gasteiger partial charge in [-0.2, -0.15) is 0 Å². The molecule has 1 aliphatic heterocycles. The van der Waals surface area contributed by atoms with Crippen LogP contribution in [0, 0.1) is 0 Å². The molecule has 0 atom stereocenters. The van der Waals surface area contributed by atoms with Crippen molar-refractivity contribution in [3.8, 4) is 5.75 Å². The monoisotopic (exact) mass is 369 g/mol. The third-order valence-electron chi connectivity index (χ3n) is 4.53. The van der Waals surface area contributed by atoms with Crippen LogP contribution in [0.3, 0.4) is 0 Å². The predicted molar refractivity (Wildman–Crippen MR) is 109 cm³/mol. The fourth-order valence-electron chi connectivity index (χ4n) is 2.98. The number of hydrogen-bond donors (Lipinski definition) is 1. The molecule has 0 amide bonds. The van der Waals surface area contributed by atoms with E-state index in [-0.39, 0.29) is 5.78 Å². The number of nitrogens with one attached hydrogen (secondary N) is 1. The van der Waals surface area contributed by atoms with E-state index in [0.29, 0.717) is 0 Å². The topological polar surface area (TPSA) is 44.8 Å². The van der Waals surface area contributed by atoms with Crippen molar-refractivity contribution in [3.05, 3.63) is 54.1 Å². The Kier molecular flexibility index (Phi) is 5.73. The van der Waals surface area contributed by atoms with E-state index < -0.39 is 0 Å². The van der Waals surface area contributed by atoms with Crippen LogP contribution in [0.5, 0.6) is 5.75 Å². The van der Waals surface area contributed by atoms with Crippen LogP contribution in [0.1, 0.15) is 17.3 Å². The molecule has 2 aromatic carbocycles. The lowest BCUT2D eigenvalue weighted by Crippen LogP contribution is -2.50. The summed E-state index contributed by atoms with van der Waals surface area (Å²) in [5, 5.41) is 4.01. The quantitative estimate of drug-likeness (QED) is 0.658. The molecule has 2 aromatic rings. The number of rotatable bonds is 4. The number of carbonyl (C=O) groups is 1. The summed E-state index contributed by atoms with van der Waals surface area (Å²) in [6.45, 7) is 5.07. The fraction of sp³-hybridized carbons (Fsp3) is 0.300. The van der Waals surface area contributed by atoms with Gasteiger partial charge in [0.25, 0.3) is 0 Å². The van der Waals surface area contributed by atoms with E-state index in [1.165, 1.54) is 0 Å². The molecule has 1 aliphatic rings. The summed E-state index contributed by atoms with van der Waals surface area (Å²) in [4.78, 5) is 15.9. The van der Waals surface area contributed by atoms with Crippen LogP contribution in [0.4, 0.5) is 11.4 Å². The van der Waals surface area contributed by atoms with Gasteiger partial charge in [0.15, 0.2) is 10.9 Å². The molecule has 1 N–H and O–H groups in total. The first kappa shape index (κ1) is 18.2. The van der Waals surface area contributed by atoms with E-state index in [1.807, 2.05) is 48.5 Å². The summed E-state index contributed by atoms with van der Waals surface area (Å²) in [5.74, 6) is 0.895. The van der Waals surface area contributed by atoms with Crippen molar-refractivity contribution in [1.29, 1.82) is 0 Å². The molecule has 0 spiro atoms. The average Bonchev–Trinajstić information content (AvgIpc) is 2.68. The number of Topliss-reactive ketones (excluding diaryl/α,β-unsaturated/α-hetero) is 1. The lowest BCUT2D eigenvalue weighted by molar-refractivity contribution is 0.101. The van der Waals surface area contributed by atoms with E-state index in [4.69, 9.17) is 17.0 Å². The molecule has 0 radical (unpaired) electrons. The molecular weight excluding hydrogens is 346 g/mol. The highest BCUT2D eigenvalue weighted by molar-refractivity contribution is 7.80. The van der Waals surface area contributed by atoms with Gasteiger partial charge in [0.2, 0.25) is 0 Å². The first-order valence-corrected chi connectivity index (χ1v) is 9.03. The van der Waals surface area contributed by atoms with Crippen molar-refractivity contribution in [1.82, 2.24) is 4.90 Å². The van der Waals surface area contributed by atoms with Crippen molar-refractivity contribution >= 4 is 34.5 Å². The molecule has 0 saturated carbocycles. The second kappa shape index (κ2) is 8.19. The fourth-order valence-corrected chi connectivity index (χ4v) is 3.28. The van der Waals surface area contributed by atoms with E-state index in [1.54, 1.807) is 14.0 Å². The molecule has 0 aromatic heterocycles. The molecular formula is C20H23N3O2S. The third kappa shape index (κ3) is 4.32. The van der Waals surface area contributed by atoms with Crippen LogP contribution in [-0.4, -0.2) is 49.1 Å². The van der Waals surface area contributed by atoms with Crippen molar-refractivity contribution < 1.29 is 9.53 Å². The van der Waals surface area contributed by atoms with Gasteiger partial charge in [-0.05, 0) is 55.5 Å². The van der Waals surface area contributed by atoms with Crippen molar-refractivity contribution in [3.63, 3.8) is 0 Å². The standard InChI is InChI=1S/C20H23N3O2S/c1-15(24)16-6-8-18(9-7-16)22-10-12-23(13-11-22)20(26)21-17-4-3-5-19(14-17)25-2/h3-9,14H,10-13H2,1-2H3,(H,21,26). The highest BCUT2D eigenvalue weighted by Gasteiger charge is 2.19. The number of ketones is 1. The molecule has 136 valence electrons. The summed E-state index contributed by atoms with van der Waals surface area (Å²) in [7, 11) is 1.65. The van der Waals surface area contributed by atoms with Crippen LogP contribution in [-0.2, 0) is 0 Å². The van der Waals surface area contributed by atoms with E-state index >= 15 is 0 Å². The van der Waals surface area contributed by atoms with Crippen LogP contribution in [0.2, 0.25) is 0 Å². The Bertz CT molecular complexity index is 784. The van der Waals surface area contributed by atoms with Gasteiger partial charge in [0.1, 0.15) is 5.75 Å². The zero-order chi connectivity index (χ0) is 18.5. The summed E-state index contributed by atoms with van der Waals surface area (Å²) < 4.78 is 5.24. The van der Waals surface area contributed by atoms with Gasteiger partial charge in [-0.15, -0.1) is 0 Å². The molecule has 5 nitrogen and oxygen atoms in total. The molecule has 0 unspecified atom stereocenters. The summed E-state index contributed by atoms with van der Waals surface area (Å²) in [5.41, 5.74) is 2.81. The number of nitrogens with zero attached hydrogens (tertiary/aromatic N) is 2. The van der Waals surface area contributed by atoms with E-state index in [9.17, 15) is 4.79 Å². The Morgan fingerprint density at radius 3 is 2.38 bits per heavy atom. The number of benzene rings is 2. The summed E-state index contributed by atoms with van der Waals surface area (Å²) in [6.07, 6.45) is 0. The number of hydrogen-bond acceptors (Lipinski definition) is 4. The maximum absolute atomic E-state index is 11.4. The Balaban J connectivity index is 1.55. The number of carbonyl (C=O) groups excluding carboxylic acids is 1. The molecule has 26 heavy (non-hydrogen) atoms. The maximum atomic E-state index is 11.4. The highest BCUT2D eigenvalue weighted by atomic mass is 32.1. The van der Waals surface area contributed by atoms with Gasteiger partial charge in [0.05, 0.1) is 7.11 Å². The molecule has 1 fully saturated rings. The van der Waals surface area contributed by atoms with Crippen molar-refractivity contribution in [2.24, 2.45) is 0 Å². The minimum absolute atomic E-state index is 0.0929. The van der Waals surface area contributed by atoms with Crippen LogP contribution in [0.25, 0.3) is 0 Å².